The molecule has 1 amide bonds. The maximum atomic E-state index is 15.2. The Morgan fingerprint density at radius 3 is 2.58 bits per heavy atom. The van der Waals surface area contributed by atoms with Crippen LogP contribution in [0.1, 0.15) is 40.9 Å². The fraction of sp³-hybridized carbons (Fsp3) is 0.273. The van der Waals surface area contributed by atoms with Crippen LogP contribution in [-0.4, -0.2) is 70.7 Å². The molecule has 2 aliphatic rings. The minimum Gasteiger partial charge on any atom is -0.496 e. The molecule has 8 nitrogen and oxygen atoms in total. The van der Waals surface area contributed by atoms with Gasteiger partial charge in [-0.25, -0.2) is 14.4 Å². The Hall–Kier alpha value is -4.34. The van der Waals surface area contributed by atoms with E-state index in [4.69, 9.17) is 26.3 Å². The molecule has 0 spiro atoms. The summed E-state index contributed by atoms with van der Waals surface area (Å²) in [6.45, 7) is 7.73. The molecule has 0 radical (unpaired) electrons. The van der Waals surface area contributed by atoms with Crippen LogP contribution >= 0.6 is 11.6 Å². The molecule has 0 saturated carbocycles. The largest absolute Gasteiger partial charge is 0.496 e. The number of aliphatic imine (C=N–C) groups is 1. The number of ether oxygens (including phenoxy) is 1. The van der Waals surface area contributed by atoms with Crippen LogP contribution in [-0.2, 0) is 6.54 Å². The summed E-state index contributed by atoms with van der Waals surface area (Å²) < 4.78 is 20.7. The lowest BCUT2D eigenvalue weighted by molar-refractivity contribution is 0.0595. The molecule has 0 atom stereocenters. The van der Waals surface area contributed by atoms with Crippen molar-refractivity contribution in [3.05, 3.63) is 100.0 Å². The van der Waals surface area contributed by atoms with Gasteiger partial charge in [0.2, 0.25) is 5.95 Å². The van der Waals surface area contributed by atoms with E-state index in [1.54, 1.807) is 30.5 Å². The molecule has 2 aliphatic heterocycles. The summed E-state index contributed by atoms with van der Waals surface area (Å²) in [6, 6.07) is 17.9. The quantitative estimate of drug-likeness (QED) is 0.284. The third-order valence-corrected chi connectivity index (χ3v) is 8.13. The number of benzene rings is 3. The highest BCUT2D eigenvalue weighted by atomic mass is 35.5. The summed E-state index contributed by atoms with van der Waals surface area (Å²) in [5, 5.41) is 3.75. The summed E-state index contributed by atoms with van der Waals surface area (Å²) in [4.78, 5) is 31.7. The minimum atomic E-state index is -0.445. The lowest BCUT2D eigenvalue weighted by Gasteiger charge is -2.37. The fourth-order valence-electron chi connectivity index (χ4n) is 5.59. The van der Waals surface area contributed by atoms with Crippen molar-refractivity contribution < 1.29 is 13.9 Å². The zero-order valence-corrected chi connectivity index (χ0v) is 25.0. The second-order valence-electron chi connectivity index (χ2n) is 10.9. The molecule has 1 N–H and O–H groups in total. The third-order valence-electron chi connectivity index (χ3n) is 7.89. The number of anilines is 2. The van der Waals surface area contributed by atoms with Crippen molar-refractivity contribution in [3.63, 3.8) is 0 Å². The Bertz CT molecular complexity index is 1720. The van der Waals surface area contributed by atoms with Gasteiger partial charge in [-0.2, -0.15) is 0 Å². The predicted molar refractivity (Wildman–Crippen MR) is 167 cm³/mol. The number of methoxy groups -OCH3 is 1. The third kappa shape index (κ3) is 5.83. The molecule has 1 aromatic heterocycles. The molecule has 6 rings (SSSR count). The zero-order chi connectivity index (χ0) is 30.1. The van der Waals surface area contributed by atoms with Gasteiger partial charge in [0.15, 0.2) is 0 Å². The number of hydrogen-bond donors (Lipinski definition) is 1. The van der Waals surface area contributed by atoms with Crippen molar-refractivity contribution >= 4 is 34.9 Å². The number of carbonyl (C=O) groups excluding carboxylic acids is 1. The van der Waals surface area contributed by atoms with Crippen LogP contribution in [0.25, 0.3) is 11.3 Å². The van der Waals surface area contributed by atoms with Crippen molar-refractivity contribution in [1.29, 1.82) is 0 Å². The van der Waals surface area contributed by atoms with E-state index >= 15 is 4.39 Å². The number of piperazine rings is 1. The van der Waals surface area contributed by atoms with E-state index in [1.165, 1.54) is 13.2 Å². The topological polar surface area (TPSA) is 83.0 Å². The van der Waals surface area contributed by atoms with Gasteiger partial charge in [0.25, 0.3) is 5.91 Å². The molecule has 220 valence electrons. The Morgan fingerprint density at radius 1 is 1.02 bits per heavy atom. The average molecular weight is 599 g/mol. The number of aromatic nitrogens is 2. The molecule has 0 bridgehead atoms. The van der Waals surface area contributed by atoms with Gasteiger partial charge in [-0.15, -0.1) is 0 Å². The Balaban J connectivity index is 1.30. The highest BCUT2D eigenvalue weighted by Crippen LogP contribution is 2.36. The number of fused-ring (bicyclic) bond motifs is 3. The maximum absolute atomic E-state index is 15.2. The first-order chi connectivity index (χ1) is 20.8. The van der Waals surface area contributed by atoms with Gasteiger partial charge >= 0.3 is 0 Å². The number of carbonyl (C=O) groups is 1. The van der Waals surface area contributed by atoms with Crippen LogP contribution in [0.2, 0.25) is 5.02 Å². The van der Waals surface area contributed by atoms with Crippen LogP contribution < -0.4 is 10.1 Å². The molecule has 1 fully saturated rings. The lowest BCUT2D eigenvalue weighted by atomic mass is 9.94. The first kappa shape index (κ1) is 28.8. The van der Waals surface area contributed by atoms with E-state index in [0.717, 1.165) is 24.2 Å². The normalized spacial score (nSPS) is 14.9. The minimum absolute atomic E-state index is 0.00830. The van der Waals surface area contributed by atoms with Crippen molar-refractivity contribution in [1.82, 2.24) is 19.8 Å². The van der Waals surface area contributed by atoms with Gasteiger partial charge in [0.1, 0.15) is 11.6 Å². The van der Waals surface area contributed by atoms with Crippen LogP contribution in [0, 0.1) is 5.82 Å². The van der Waals surface area contributed by atoms with Crippen molar-refractivity contribution in [3.8, 4) is 17.0 Å². The van der Waals surface area contributed by atoms with Gasteiger partial charge in [0.05, 0.1) is 30.6 Å². The number of hydrogen-bond acceptors (Lipinski definition) is 7. The molecular formula is C33H32ClFN6O2. The standard InChI is InChI=1S/C33H32ClFN6O2/c1-20(2)40-12-14-41(15-13-40)32(42)21-6-4-7-24(16-21)38-33-37-19-22-18-36-31(29-27(35)8-5-9-28(29)43-3)26-17-23(34)10-11-25(26)30(22)39-33/h4-11,16-17,19-20H,12-15,18H2,1-3H3,(H,37,38,39). The first-order valence-corrected chi connectivity index (χ1v) is 14.6. The molecule has 4 aromatic rings. The molecule has 0 unspecified atom stereocenters. The monoisotopic (exact) mass is 598 g/mol. The summed E-state index contributed by atoms with van der Waals surface area (Å²) in [6.07, 6.45) is 1.72. The maximum Gasteiger partial charge on any atom is 0.254 e. The van der Waals surface area contributed by atoms with Crippen molar-refractivity contribution in [2.45, 2.75) is 26.4 Å². The van der Waals surface area contributed by atoms with E-state index < -0.39 is 5.82 Å². The van der Waals surface area contributed by atoms with E-state index in [0.29, 0.717) is 64.1 Å². The van der Waals surface area contributed by atoms with E-state index in [-0.39, 0.29) is 18.0 Å². The number of nitrogens with one attached hydrogen (secondary N) is 1. The van der Waals surface area contributed by atoms with Crippen LogP contribution in [0.3, 0.4) is 0 Å². The average Bonchev–Trinajstić information content (AvgIpc) is 3.17. The molecule has 43 heavy (non-hydrogen) atoms. The first-order valence-electron chi connectivity index (χ1n) is 14.3. The molecule has 3 aromatic carbocycles. The smallest absolute Gasteiger partial charge is 0.254 e. The van der Waals surface area contributed by atoms with Crippen LogP contribution in [0.5, 0.6) is 5.75 Å². The van der Waals surface area contributed by atoms with E-state index in [2.05, 4.69) is 29.0 Å². The number of nitrogens with zero attached hydrogens (tertiary/aromatic N) is 5. The van der Waals surface area contributed by atoms with Crippen molar-refractivity contribution in [2.24, 2.45) is 4.99 Å². The Labute approximate surface area is 255 Å². The summed E-state index contributed by atoms with van der Waals surface area (Å²) in [5.41, 5.74) is 4.83. The van der Waals surface area contributed by atoms with Crippen LogP contribution in [0.15, 0.2) is 71.9 Å². The van der Waals surface area contributed by atoms with Gasteiger partial charge in [0, 0.05) is 71.4 Å². The Kier molecular flexibility index (Phi) is 8.10. The fourth-order valence-corrected chi connectivity index (χ4v) is 5.76. The summed E-state index contributed by atoms with van der Waals surface area (Å²) >= 11 is 6.42. The summed E-state index contributed by atoms with van der Waals surface area (Å²) in [5.74, 6) is 0.302. The van der Waals surface area contributed by atoms with Gasteiger partial charge in [-0.1, -0.05) is 29.8 Å². The lowest BCUT2D eigenvalue weighted by Crippen LogP contribution is -2.50. The van der Waals surface area contributed by atoms with E-state index in [1.807, 2.05) is 35.2 Å². The molecule has 10 heteroatoms. The number of rotatable bonds is 6. The van der Waals surface area contributed by atoms with Gasteiger partial charge in [-0.05, 0) is 56.3 Å². The molecule has 3 heterocycles. The highest BCUT2D eigenvalue weighted by Gasteiger charge is 2.26. The number of amides is 1. The van der Waals surface area contributed by atoms with Gasteiger partial charge < -0.3 is 15.0 Å². The van der Waals surface area contributed by atoms with Crippen molar-refractivity contribution in [2.75, 3.05) is 38.6 Å². The van der Waals surface area contributed by atoms with Gasteiger partial charge in [-0.3, -0.25) is 14.7 Å². The molecular weight excluding hydrogens is 567 g/mol. The molecule has 0 aliphatic carbocycles. The predicted octanol–water partition coefficient (Wildman–Crippen LogP) is 6.21. The SMILES string of the molecule is COc1cccc(F)c1C1=NCc2cnc(Nc3cccc(C(=O)N4CCN(C(C)C)CC4)c3)nc2-c2ccc(Cl)cc21. The summed E-state index contributed by atoms with van der Waals surface area (Å²) in [7, 11) is 1.50. The highest BCUT2D eigenvalue weighted by molar-refractivity contribution is 6.31. The number of halogens is 2. The van der Waals surface area contributed by atoms with Crippen LogP contribution in [0.4, 0.5) is 16.0 Å². The molecule has 1 saturated heterocycles. The second-order valence-corrected chi connectivity index (χ2v) is 11.3. The second kappa shape index (κ2) is 12.1. The van der Waals surface area contributed by atoms with E-state index in [9.17, 15) is 4.79 Å². The zero-order valence-electron chi connectivity index (χ0n) is 24.3. The Morgan fingerprint density at radius 2 is 1.81 bits per heavy atom.